The predicted molar refractivity (Wildman–Crippen MR) is 140 cm³/mol. The summed E-state index contributed by atoms with van der Waals surface area (Å²) < 4.78 is 68.6. The number of halogens is 4. The van der Waals surface area contributed by atoms with Crippen LogP contribution in [0, 0.1) is 35.2 Å². The molecule has 6 rings (SSSR count). The van der Waals surface area contributed by atoms with Gasteiger partial charge in [-0.05, 0) is 36.3 Å². The van der Waals surface area contributed by atoms with Crippen LogP contribution in [0.1, 0.15) is 5.56 Å². The van der Waals surface area contributed by atoms with Gasteiger partial charge in [-0.3, -0.25) is 0 Å². The Hall–Kier alpha value is -5.07. The number of carbonyl (C=O) groups excluding carboxylic acids is 1. The highest BCUT2D eigenvalue weighted by Crippen LogP contribution is 2.33. The van der Waals surface area contributed by atoms with Crippen molar-refractivity contribution in [3.8, 4) is 40.2 Å². The summed E-state index contributed by atoms with van der Waals surface area (Å²) in [4.78, 5) is 13.6. The fourth-order valence-electron chi connectivity index (χ4n) is 5.05. The molecular formula is C32H22F4N3O2+3. The number of likely N-dealkylation sites (N-methyl/N-ethyl adjacent to an activating group) is 1. The van der Waals surface area contributed by atoms with E-state index in [0.29, 0.717) is 11.8 Å². The molecule has 4 heterocycles. The fraction of sp³-hybridized carbons (Fsp3) is 0.0938. The average Bonchev–Trinajstić information content (AvgIpc) is 2.93. The molecule has 0 bridgehead atoms. The Balaban J connectivity index is 1.68. The van der Waals surface area contributed by atoms with Crippen molar-refractivity contribution in [3.05, 3.63) is 126 Å². The van der Waals surface area contributed by atoms with Gasteiger partial charge >= 0.3 is 12.6 Å². The molecule has 2 aliphatic rings. The van der Waals surface area contributed by atoms with Gasteiger partial charge in [-0.1, -0.05) is 6.08 Å². The molecule has 2 aliphatic heterocycles. The van der Waals surface area contributed by atoms with E-state index >= 15 is 8.78 Å². The second-order valence-corrected chi connectivity index (χ2v) is 9.80. The second kappa shape index (κ2) is 10.2. The predicted octanol–water partition coefficient (Wildman–Crippen LogP) is 4.78. The maximum absolute atomic E-state index is 15.5. The third-order valence-electron chi connectivity index (χ3n) is 7.03. The van der Waals surface area contributed by atoms with Gasteiger partial charge in [0.05, 0.1) is 12.6 Å². The molecule has 0 spiro atoms. The maximum Gasteiger partial charge on any atom is 0.376 e. The molecular weight excluding hydrogens is 534 g/mol. The number of rotatable bonds is 0. The van der Waals surface area contributed by atoms with Gasteiger partial charge < -0.3 is 4.74 Å². The zero-order valence-electron chi connectivity index (χ0n) is 21.7. The summed E-state index contributed by atoms with van der Waals surface area (Å²) in [5.41, 5.74) is 0.659. The number of benzene rings is 2. The van der Waals surface area contributed by atoms with E-state index in [0.717, 1.165) is 18.2 Å². The molecule has 4 aromatic rings. The molecule has 0 amide bonds. The Kier molecular flexibility index (Phi) is 6.48. The molecule has 0 aliphatic carbocycles. The summed E-state index contributed by atoms with van der Waals surface area (Å²) in [5, 5.41) is 0. The first-order valence-electron chi connectivity index (χ1n) is 12.7. The first-order chi connectivity index (χ1) is 19.7. The van der Waals surface area contributed by atoms with Gasteiger partial charge in [0.1, 0.15) is 41.1 Å². The molecule has 41 heavy (non-hydrogen) atoms. The SMILES string of the molecule is C[N+]12C#Cc3cc(F)cc(F)c3-c3cccc[n+]3C[n+]3ccccc3-c3c(F)cc(F)cc3OC(=O)C1C=CC=C2. The van der Waals surface area contributed by atoms with E-state index in [1.807, 2.05) is 0 Å². The first kappa shape index (κ1) is 26.2. The molecule has 0 radical (unpaired) electrons. The van der Waals surface area contributed by atoms with Crippen molar-refractivity contribution in [3.63, 3.8) is 0 Å². The third kappa shape index (κ3) is 4.79. The van der Waals surface area contributed by atoms with Gasteiger partial charge in [0.25, 0.3) is 0 Å². The van der Waals surface area contributed by atoms with Gasteiger partial charge in [-0.25, -0.2) is 26.8 Å². The third-order valence-corrected chi connectivity index (χ3v) is 7.03. The van der Waals surface area contributed by atoms with Crippen LogP contribution in [0.3, 0.4) is 0 Å². The van der Waals surface area contributed by atoms with Gasteiger partial charge in [-0.2, -0.15) is 0 Å². The van der Waals surface area contributed by atoms with E-state index in [1.165, 1.54) is 0 Å². The molecule has 2 atom stereocenters. The molecule has 2 aromatic heterocycles. The van der Waals surface area contributed by atoms with Gasteiger partial charge in [0, 0.05) is 48.0 Å². The number of esters is 1. The number of carbonyl (C=O) groups is 1. The molecule has 0 saturated carbocycles. The first-order valence-corrected chi connectivity index (χ1v) is 12.7. The number of hydrogen-bond acceptors (Lipinski definition) is 2. The van der Waals surface area contributed by atoms with Gasteiger partial charge in [0.2, 0.25) is 17.4 Å². The highest BCUT2D eigenvalue weighted by atomic mass is 19.1. The van der Waals surface area contributed by atoms with Gasteiger partial charge in [0.15, 0.2) is 18.1 Å². The van der Waals surface area contributed by atoms with E-state index in [2.05, 4.69) is 12.0 Å². The van der Waals surface area contributed by atoms with Crippen LogP contribution in [-0.4, -0.2) is 23.5 Å². The van der Waals surface area contributed by atoms with Crippen LogP contribution in [0.15, 0.2) is 97.5 Å². The number of aromatic nitrogens is 2. The van der Waals surface area contributed by atoms with Crippen molar-refractivity contribution >= 4 is 5.97 Å². The van der Waals surface area contributed by atoms with E-state index in [9.17, 15) is 13.6 Å². The van der Waals surface area contributed by atoms with E-state index in [-0.39, 0.29) is 39.3 Å². The monoisotopic (exact) mass is 556 g/mol. The lowest BCUT2D eigenvalue weighted by atomic mass is 10.0. The lowest BCUT2D eigenvalue weighted by Gasteiger charge is -2.30. The van der Waals surface area contributed by atoms with Crippen molar-refractivity contribution in [2.45, 2.75) is 12.7 Å². The Labute approximate surface area is 233 Å². The standard InChI is InChI=1S/C32H22F4N3O2/c1-39-14-7-4-10-28(39)32(40)41-29-19-23(34)18-25(36)31(29)27-9-3-6-13-38(27)20-37-12-5-2-8-26(37)30-21(11-15-39)16-22(33)17-24(30)35/h2-10,12-14,16-19,28H,20H2,1H3/q+3. The number of quaternary nitrogens is 1. The van der Waals surface area contributed by atoms with Crippen LogP contribution < -0.4 is 13.9 Å². The Morgan fingerprint density at radius 1 is 0.854 bits per heavy atom. The zero-order chi connectivity index (χ0) is 28.7. The molecule has 5 nitrogen and oxygen atoms in total. The zero-order valence-corrected chi connectivity index (χ0v) is 21.7. The fourth-order valence-corrected chi connectivity index (χ4v) is 5.05. The van der Waals surface area contributed by atoms with E-state index in [4.69, 9.17) is 4.74 Å². The van der Waals surface area contributed by atoms with Crippen LogP contribution in [-0.2, 0) is 11.5 Å². The van der Waals surface area contributed by atoms with E-state index < -0.39 is 35.3 Å². The van der Waals surface area contributed by atoms with E-state index in [1.54, 1.807) is 89.4 Å². The molecule has 2 aromatic carbocycles. The number of ether oxygens (including phenoxy) is 1. The number of hydrogen-bond donors (Lipinski definition) is 0. The normalized spacial score (nSPS) is 19.1. The van der Waals surface area contributed by atoms with Crippen molar-refractivity contribution in [2.24, 2.45) is 0 Å². The number of fused-ring (bicyclic) bond motifs is 7. The van der Waals surface area contributed by atoms with Crippen molar-refractivity contribution in [1.82, 2.24) is 0 Å². The topological polar surface area (TPSA) is 34.1 Å². The van der Waals surface area contributed by atoms with Crippen molar-refractivity contribution < 1.29 is 40.7 Å². The molecule has 0 N–H and O–H groups in total. The van der Waals surface area contributed by atoms with Crippen LogP contribution in [0.4, 0.5) is 17.6 Å². The lowest BCUT2D eigenvalue weighted by Crippen LogP contribution is -2.53. The Morgan fingerprint density at radius 3 is 2.20 bits per heavy atom. The molecule has 0 fully saturated rings. The summed E-state index contributed by atoms with van der Waals surface area (Å²) >= 11 is 0. The van der Waals surface area contributed by atoms with Crippen LogP contribution >= 0.6 is 0 Å². The molecule has 0 saturated heterocycles. The Morgan fingerprint density at radius 2 is 1.49 bits per heavy atom. The van der Waals surface area contributed by atoms with Crippen LogP contribution in [0.5, 0.6) is 5.75 Å². The summed E-state index contributed by atoms with van der Waals surface area (Å²) in [6, 6.07) is 15.6. The lowest BCUT2D eigenvalue weighted by molar-refractivity contribution is -0.903. The highest BCUT2D eigenvalue weighted by Gasteiger charge is 2.39. The number of pyridine rings is 2. The maximum atomic E-state index is 15.5. The molecule has 9 heteroatoms. The molecule has 202 valence electrons. The van der Waals surface area contributed by atoms with Crippen molar-refractivity contribution in [2.75, 3.05) is 7.05 Å². The quantitative estimate of drug-likeness (QED) is 0.0780. The average molecular weight is 557 g/mol. The highest BCUT2D eigenvalue weighted by molar-refractivity contribution is 5.82. The minimum Gasteiger partial charge on any atom is -0.421 e. The van der Waals surface area contributed by atoms with Gasteiger partial charge in [-0.15, -0.1) is 9.13 Å². The van der Waals surface area contributed by atoms with Crippen LogP contribution in [0.25, 0.3) is 22.5 Å². The smallest absolute Gasteiger partial charge is 0.376 e. The second-order valence-electron chi connectivity index (χ2n) is 9.80. The summed E-state index contributed by atoms with van der Waals surface area (Å²) in [6.45, 7) is 0.0438. The minimum absolute atomic E-state index is 0.0438. The minimum atomic E-state index is -1.05. The largest absolute Gasteiger partial charge is 0.421 e. The summed E-state index contributed by atoms with van der Waals surface area (Å²) in [6.07, 6.45) is 9.82. The summed E-state index contributed by atoms with van der Waals surface area (Å²) in [5.74, 6) is -1.73. The van der Waals surface area contributed by atoms with Crippen molar-refractivity contribution in [1.29, 1.82) is 0 Å². The Bertz CT molecular complexity index is 1860. The van der Waals surface area contributed by atoms with Crippen LogP contribution in [0.2, 0.25) is 0 Å². The molecule has 2 unspecified atom stereocenters. The summed E-state index contributed by atoms with van der Waals surface area (Å²) in [7, 11) is 1.62. The number of allylic oxidation sites excluding steroid dienone is 2. The number of nitrogens with zero attached hydrogens (tertiary/aromatic N) is 3.